The molecule has 0 bridgehead atoms. The number of carboxylic acids is 1. The minimum absolute atomic E-state index is 0.319. The Hall–Kier alpha value is -0.750. The van der Waals surface area contributed by atoms with Gasteiger partial charge in [-0.2, -0.15) is 12.6 Å². The van der Waals surface area contributed by atoms with Gasteiger partial charge in [0, 0.05) is 6.92 Å². The summed E-state index contributed by atoms with van der Waals surface area (Å²) >= 11 is 3.88. The number of carboxylic acid groups (broad SMARTS) is 1. The van der Waals surface area contributed by atoms with Gasteiger partial charge in [0.05, 0.1) is 0 Å². The van der Waals surface area contributed by atoms with E-state index in [1.54, 1.807) is 0 Å². The lowest BCUT2D eigenvalue weighted by Gasteiger charge is -2.12. The van der Waals surface area contributed by atoms with Crippen molar-refractivity contribution in [3.8, 4) is 0 Å². The van der Waals surface area contributed by atoms with Crippen molar-refractivity contribution >= 4 is 24.5 Å². The highest BCUT2D eigenvalue weighted by atomic mass is 32.1. The Bertz CT molecular complexity index is 174. The van der Waals surface area contributed by atoms with Crippen LogP contribution in [0.15, 0.2) is 0 Å². The summed E-state index contributed by atoms with van der Waals surface area (Å²) in [6.07, 6.45) is 0.360. The van der Waals surface area contributed by atoms with Gasteiger partial charge < -0.3 is 5.11 Å². The SMILES string of the molecule is CC(=O)NN[C@@H](CCS)C(=O)O. The lowest BCUT2D eigenvalue weighted by molar-refractivity contribution is -0.140. The molecule has 0 saturated carbocycles. The van der Waals surface area contributed by atoms with E-state index in [0.717, 1.165) is 0 Å². The highest BCUT2D eigenvalue weighted by Gasteiger charge is 2.15. The predicted octanol–water partition coefficient (Wildman–Crippen LogP) is -0.600. The minimum Gasteiger partial charge on any atom is -0.480 e. The third kappa shape index (κ3) is 4.97. The Morgan fingerprint density at radius 3 is 2.50 bits per heavy atom. The molecule has 12 heavy (non-hydrogen) atoms. The summed E-state index contributed by atoms with van der Waals surface area (Å²) in [6.45, 7) is 1.30. The van der Waals surface area contributed by atoms with Gasteiger partial charge in [-0.3, -0.25) is 15.0 Å². The van der Waals surface area contributed by atoms with Crippen LogP contribution in [0.3, 0.4) is 0 Å². The van der Waals surface area contributed by atoms with Crippen molar-refractivity contribution in [3.05, 3.63) is 0 Å². The summed E-state index contributed by atoms with van der Waals surface area (Å²) in [6, 6.07) is -0.772. The molecule has 0 fully saturated rings. The molecule has 0 unspecified atom stereocenters. The van der Waals surface area contributed by atoms with Crippen LogP contribution in [0.4, 0.5) is 0 Å². The zero-order chi connectivity index (χ0) is 9.56. The second-order valence-electron chi connectivity index (χ2n) is 2.23. The van der Waals surface area contributed by atoms with E-state index in [9.17, 15) is 9.59 Å². The monoisotopic (exact) mass is 192 g/mol. The number of hydrazine groups is 1. The van der Waals surface area contributed by atoms with Crippen LogP contribution in [0.1, 0.15) is 13.3 Å². The van der Waals surface area contributed by atoms with Gasteiger partial charge in [-0.1, -0.05) is 0 Å². The van der Waals surface area contributed by atoms with Gasteiger partial charge in [0.25, 0.3) is 0 Å². The van der Waals surface area contributed by atoms with Crippen molar-refractivity contribution in [3.63, 3.8) is 0 Å². The zero-order valence-corrected chi connectivity index (χ0v) is 7.60. The van der Waals surface area contributed by atoms with Gasteiger partial charge in [-0.15, -0.1) is 0 Å². The molecular formula is C6H12N2O3S. The molecule has 0 rings (SSSR count). The number of nitrogens with one attached hydrogen (secondary N) is 2. The average molecular weight is 192 g/mol. The molecule has 5 nitrogen and oxygen atoms in total. The molecule has 1 amide bonds. The molecule has 0 aliphatic rings. The van der Waals surface area contributed by atoms with E-state index < -0.39 is 12.0 Å². The maximum absolute atomic E-state index is 10.5. The topological polar surface area (TPSA) is 78.4 Å². The van der Waals surface area contributed by atoms with Crippen LogP contribution in [-0.2, 0) is 9.59 Å². The van der Waals surface area contributed by atoms with E-state index in [-0.39, 0.29) is 5.91 Å². The van der Waals surface area contributed by atoms with Crippen molar-refractivity contribution in [1.29, 1.82) is 0 Å². The molecule has 0 spiro atoms. The Morgan fingerprint density at radius 2 is 2.17 bits per heavy atom. The second-order valence-corrected chi connectivity index (χ2v) is 2.68. The smallest absolute Gasteiger partial charge is 0.322 e. The molecule has 0 radical (unpaired) electrons. The zero-order valence-electron chi connectivity index (χ0n) is 6.70. The second kappa shape index (κ2) is 5.84. The summed E-state index contributed by atoms with van der Waals surface area (Å²) in [5.41, 5.74) is 4.58. The summed E-state index contributed by atoms with van der Waals surface area (Å²) in [4.78, 5) is 20.8. The van der Waals surface area contributed by atoms with Crippen LogP contribution in [0, 0.1) is 0 Å². The van der Waals surface area contributed by atoms with Crippen molar-refractivity contribution in [2.24, 2.45) is 0 Å². The van der Waals surface area contributed by atoms with Crippen LogP contribution in [-0.4, -0.2) is 28.8 Å². The first-order valence-electron chi connectivity index (χ1n) is 3.43. The van der Waals surface area contributed by atoms with Gasteiger partial charge >= 0.3 is 5.97 Å². The number of amides is 1. The molecule has 0 aromatic carbocycles. The molecular weight excluding hydrogens is 180 g/mol. The van der Waals surface area contributed by atoms with Gasteiger partial charge in [0.15, 0.2) is 0 Å². The fraction of sp³-hybridized carbons (Fsp3) is 0.667. The molecule has 0 aromatic rings. The van der Waals surface area contributed by atoms with Crippen LogP contribution < -0.4 is 10.9 Å². The number of hydrogen-bond donors (Lipinski definition) is 4. The Kier molecular flexibility index (Phi) is 5.48. The normalized spacial score (nSPS) is 12.2. The van der Waals surface area contributed by atoms with Gasteiger partial charge in [0.2, 0.25) is 5.91 Å². The average Bonchev–Trinajstić information content (AvgIpc) is 1.96. The maximum Gasteiger partial charge on any atom is 0.322 e. The van der Waals surface area contributed by atoms with Gasteiger partial charge in [-0.05, 0) is 12.2 Å². The molecule has 0 heterocycles. The summed E-state index contributed by atoms with van der Waals surface area (Å²) < 4.78 is 0. The van der Waals surface area contributed by atoms with E-state index in [0.29, 0.717) is 12.2 Å². The van der Waals surface area contributed by atoms with E-state index >= 15 is 0 Å². The van der Waals surface area contributed by atoms with Crippen LogP contribution in [0.25, 0.3) is 0 Å². The molecule has 3 N–H and O–H groups in total. The maximum atomic E-state index is 10.5. The molecule has 0 aliphatic heterocycles. The Labute approximate surface area is 75.9 Å². The largest absolute Gasteiger partial charge is 0.480 e. The number of rotatable bonds is 5. The highest BCUT2D eigenvalue weighted by Crippen LogP contribution is 1.92. The standard InChI is InChI=1S/C6H12N2O3S/c1-4(9)7-8-5(2-3-12)6(10)11/h5,8,12H,2-3H2,1H3,(H,7,9)(H,10,11)/t5-/m0/s1. The molecule has 0 saturated heterocycles. The number of hydrogen-bond acceptors (Lipinski definition) is 4. The minimum atomic E-state index is -1.00. The molecule has 0 aromatic heterocycles. The first kappa shape index (κ1) is 11.2. The molecule has 70 valence electrons. The lowest BCUT2D eigenvalue weighted by atomic mass is 10.2. The number of carbonyl (C=O) groups excluding carboxylic acids is 1. The quantitative estimate of drug-likeness (QED) is 0.346. The van der Waals surface area contributed by atoms with Gasteiger partial charge in [0.1, 0.15) is 6.04 Å². The molecule has 0 aliphatic carbocycles. The van der Waals surface area contributed by atoms with Crippen LogP contribution >= 0.6 is 12.6 Å². The van der Waals surface area contributed by atoms with E-state index in [1.807, 2.05) is 0 Å². The van der Waals surface area contributed by atoms with Crippen molar-refractivity contribution in [2.45, 2.75) is 19.4 Å². The third-order valence-electron chi connectivity index (χ3n) is 1.14. The number of carbonyl (C=O) groups is 2. The first-order chi connectivity index (χ1) is 5.57. The van der Waals surface area contributed by atoms with E-state index in [1.165, 1.54) is 6.92 Å². The van der Waals surface area contributed by atoms with Crippen molar-refractivity contribution in [1.82, 2.24) is 10.9 Å². The fourth-order valence-corrected chi connectivity index (χ4v) is 0.833. The summed E-state index contributed by atoms with van der Waals surface area (Å²) in [5, 5.41) is 8.57. The lowest BCUT2D eigenvalue weighted by Crippen LogP contribution is -2.47. The summed E-state index contributed by atoms with van der Waals surface area (Å²) in [5.74, 6) is -0.873. The van der Waals surface area contributed by atoms with Crippen molar-refractivity contribution in [2.75, 3.05) is 5.75 Å². The Balaban J connectivity index is 3.79. The van der Waals surface area contributed by atoms with Crippen LogP contribution in [0.5, 0.6) is 0 Å². The van der Waals surface area contributed by atoms with Crippen molar-refractivity contribution < 1.29 is 14.7 Å². The highest BCUT2D eigenvalue weighted by molar-refractivity contribution is 7.80. The van der Waals surface area contributed by atoms with Gasteiger partial charge in [-0.25, -0.2) is 5.43 Å². The number of thiol groups is 1. The summed E-state index contributed by atoms with van der Waals surface area (Å²) in [7, 11) is 0. The van der Waals surface area contributed by atoms with Crippen LogP contribution in [0.2, 0.25) is 0 Å². The Morgan fingerprint density at radius 1 is 1.58 bits per heavy atom. The predicted molar refractivity (Wildman–Crippen MR) is 46.8 cm³/mol. The van der Waals surface area contributed by atoms with E-state index in [4.69, 9.17) is 5.11 Å². The first-order valence-corrected chi connectivity index (χ1v) is 4.07. The van der Waals surface area contributed by atoms with E-state index in [2.05, 4.69) is 23.5 Å². The molecule has 1 atom stereocenters. The molecule has 6 heteroatoms. The number of aliphatic carboxylic acids is 1. The fourth-order valence-electron chi connectivity index (χ4n) is 0.575. The third-order valence-corrected chi connectivity index (χ3v) is 1.40.